The number of methoxy groups -OCH3 is 1. The third-order valence-corrected chi connectivity index (χ3v) is 2.11. The van der Waals surface area contributed by atoms with E-state index in [-0.39, 0.29) is 18.3 Å². The van der Waals surface area contributed by atoms with E-state index in [0.29, 0.717) is 17.9 Å². The highest BCUT2D eigenvalue weighted by Gasteiger charge is 2.10. The van der Waals surface area contributed by atoms with Gasteiger partial charge in [0.1, 0.15) is 5.75 Å². The van der Waals surface area contributed by atoms with Crippen LogP contribution in [0.3, 0.4) is 0 Å². The van der Waals surface area contributed by atoms with Crippen molar-refractivity contribution in [1.82, 2.24) is 0 Å². The van der Waals surface area contributed by atoms with Gasteiger partial charge in [0, 0.05) is 11.8 Å². The number of halogens is 1. The average molecular weight is 245 g/mol. The third-order valence-electron chi connectivity index (χ3n) is 2.11. The number of nitrogens with two attached hydrogens (primary N) is 1. The van der Waals surface area contributed by atoms with Gasteiger partial charge in [-0.2, -0.15) is 0 Å². The molecule has 1 atom stereocenters. The van der Waals surface area contributed by atoms with E-state index < -0.39 is 6.04 Å². The summed E-state index contributed by atoms with van der Waals surface area (Å²) in [5, 5.41) is 2.72. The molecule has 1 rings (SSSR count). The molecule has 0 bridgehead atoms. The molecule has 0 unspecified atom stereocenters. The zero-order valence-electron chi connectivity index (χ0n) is 9.40. The molecule has 1 amide bonds. The van der Waals surface area contributed by atoms with Crippen molar-refractivity contribution in [2.75, 3.05) is 12.4 Å². The second kappa shape index (κ2) is 7.09. The monoisotopic (exact) mass is 244 g/mol. The van der Waals surface area contributed by atoms with Crippen LogP contribution in [0.5, 0.6) is 5.75 Å². The Labute approximate surface area is 102 Å². The summed E-state index contributed by atoms with van der Waals surface area (Å²) in [7, 11) is 1.58. The highest BCUT2D eigenvalue weighted by Crippen LogP contribution is 2.16. The molecule has 0 fully saturated rings. The topological polar surface area (TPSA) is 64.4 Å². The first-order chi connectivity index (χ1) is 7.17. The quantitative estimate of drug-likeness (QED) is 0.849. The molecule has 0 aromatic heterocycles. The van der Waals surface area contributed by atoms with Gasteiger partial charge in [0.25, 0.3) is 0 Å². The lowest BCUT2D eigenvalue weighted by Gasteiger charge is -2.10. The lowest BCUT2D eigenvalue weighted by atomic mass is 10.2. The molecule has 0 aliphatic rings. The number of nitrogens with one attached hydrogen (secondary N) is 1. The molecule has 3 N–H and O–H groups in total. The number of anilines is 1. The molecular formula is C11H17ClN2O2. The van der Waals surface area contributed by atoms with Gasteiger partial charge in [-0.25, -0.2) is 0 Å². The Balaban J connectivity index is 0.00000225. The first-order valence-electron chi connectivity index (χ1n) is 4.88. The van der Waals surface area contributed by atoms with Crippen LogP contribution in [0.25, 0.3) is 0 Å². The molecule has 0 radical (unpaired) electrons. The van der Waals surface area contributed by atoms with Crippen molar-refractivity contribution in [1.29, 1.82) is 0 Å². The first kappa shape index (κ1) is 14.7. The van der Waals surface area contributed by atoms with E-state index in [1.54, 1.807) is 19.2 Å². The van der Waals surface area contributed by atoms with Crippen LogP contribution in [0.1, 0.15) is 13.3 Å². The Morgan fingerprint density at radius 2 is 2.25 bits per heavy atom. The molecule has 0 saturated carbocycles. The van der Waals surface area contributed by atoms with Gasteiger partial charge in [-0.15, -0.1) is 12.4 Å². The molecule has 4 nitrogen and oxygen atoms in total. The van der Waals surface area contributed by atoms with E-state index in [1.807, 2.05) is 19.1 Å². The fourth-order valence-corrected chi connectivity index (χ4v) is 1.12. The van der Waals surface area contributed by atoms with Crippen molar-refractivity contribution in [3.63, 3.8) is 0 Å². The largest absolute Gasteiger partial charge is 0.497 e. The minimum atomic E-state index is -0.462. The van der Waals surface area contributed by atoms with E-state index in [9.17, 15) is 4.79 Å². The maximum Gasteiger partial charge on any atom is 0.241 e. The second-order valence-electron chi connectivity index (χ2n) is 3.24. The maximum atomic E-state index is 11.5. The molecule has 0 aliphatic heterocycles. The van der Waals surface area contributed by atoms with Gasteiger partial charge in [0.2, 0.25) is 5.91 Å². The van der Waals surface area contributed by atoms with E-state index in [0.717, 1.165) is 0 Å². The van der Waals surface area contributed by atoms with Gasteiger partial charge in [0.15, 0.2) is 0 Å². The zero-order chi connectivity index (χ0) is 11.3. The normalized spacial score (nSPS) is 11.2. The molecule has 5 heteroatoms. The van der Waals surface area contributed by atoms with Crippen molar-refractivity contribution in [3.05, 3.63) is 24.3 Å². The Bertz CT molecular complexity index is 345. The molecule has 0 heterocycles. The number of benzene rings is 1. The number of rotatable bonds is 4. The van der Waals surface area contributed by atoms with E-state index >= 15 is 0 Å². The summed E-state index contributed by atoms with van der Waals surface area (Å²) in [6.45, 7) is 1.87. The smallest absolute Gasteiger partial charge is 0.241 e. The van der Waals surface area contributed by atoms with Crippen molar-refractivity contribution < 1.29 is 9.53 Å². The Morgan fingerprint density at radius 3 is 2.81 bits per heavy atom. The molecule has 1 aromatic carbocycles. The third kappa shape index (κ3) is 4.08. The number of hydrogen-bond acceptors (Lipinski definition) is 3. The van der Waals surface area contributed by atoms with Gasteiger partial charge in [-0.1, -0.05) is 13.0 Å². The summed E-state index contributed by atoms with van der Waals surface area (Å²) < 4.78 is 5.04. The summed E-state index contributed by atoms with van der Waals surface area (Å²) in [5.74, 6) is 0.531. The van der Waals surface area contributed by atoms with Crippen LogP contribution >= 0.6 is 12.4 Å². The zero-order valence-corrected chi connectivity index (χ0v) is 10.2. The van der Waals surface area contributed by atoms with Crippen LogP contribution in [0.2, 0.25) is 0 Å². The summed E-state index contributed by atoms with van der Waals surface area (Å²) in [6.07, 6.45) is 0.621. The van der Waals surface area contributed by atoms with Crippen molar-refractivity contribution >= 4 is 24.0 Å². The standard InChI is InChI=1S/C11H16N2O2.ClH/c1-3-10(12)11(14)13-8-5-4-6-9(7-8)15-2;/h4-7,10H,3,12H2,1-2H3,(H,13,14);1H/t10-;/m0./s1. The average Bonchev–Trinajstić information content (AvgIpc) is 2.28. The number of ether oxygens (including phenoxy) is 1. The predicted octanol–water partition coefficient (Wildman–Crippen LogP) is 1.79. The van der Waals surface area contributed by atoms with Crippen LogP contribution in [0.15, 0.2) is 24.3 Å². The van der Waals surface area contributed by atoms with E-state index in [1.165, 1.54) is 0 Å². The number of hydrogen-bond donors (Lipinski definition) is 2. The summed E-state index contributed by atoms with van der Waals surface area (Å²) in [6, 6.07) is 6.71. The van der Waals surface area contributed by atoms with Gasteiger partial charge >= 0.3 is 0 Å². The van der Waals surface area contributed by atoms with Gasteiger partial charge in [-0.3, -0.25) is 4.79 Å². The van der Waals surface area contributed by atoms with Crippen molar-refractivity contribution in [3.8, 4) is 5.75 Å². The van der Waals surface area contributed by atoms with Crippen LogP contribution in [0, 0.1) is 0 Å². The van der Waals surface area contributed by atoms with Gasteiger partial charge < -0.3 is 15.8 Å². The van der Waals surface area contributed by atoms with E-state index in [4.69, 9.17) is 10.5 Å². The molecule has 1 aromatic rings. The number of amides is 1. The predicted molar refractivity (Wildman–Crippen MR) is 67.1 cm³/mol. The van der Waals surface area contributed by atoms with Crippen LogP contribution in [0.4, 0.5) is 5.69 Å². The molecule has 90 valence electrons. The van der Waals surface area contributed by atoms with Crippen LogP contribution in [-0.2, 0) is 4.79 Å². The Hall–Kier alpha value is -1.26. The maximum absolute atomic E-state index is 11.5. The SMILES string of the molecule is CC[C@H](N)C(=O)Nc1cccc(OC)c1.Cl. The lowest BCUT2D eigenvalue weighted by molar-refractivity contribution is -0.117. The van der Waals surface area contributed by atoms with Gasteiger partial charge in [0.05, 0.1) is 13.2 Å². The fourth-order valence-electron chi connectivity index (χ4n) is 1.12. The second-order valence-corrected chi connectivity index (χ2v) is 3.24. The Kier molecular flexibility index (Phi) is 6.53. The first-order valence-corrected chi connectivity index (χ1v) is 4.88. The molecular weight excluding hydrogens is 228 g/mol. The minimum Gasteiger partial charge on any atom is -0.497 e. The molecule has 0 saturated heterocycles. The number of carbonyl (C=O) groups excluding carboxylic acids is 1. The highest BCUT2D eigenvalue weighted by atomic mass is 35.5. The lowest BCUT2D eigenvalue weighted by Crippen LogP contribution is -2.34. The van der Waals surface area contributed by atoms with Crippen LogP contribution in [-0.4, -0.2) is 19.1 Å². The summed E-state index contributed by atoms with van der Waals surface area (Å²) in [4.78, 5) is 11.5. The van der Waals surface area contributed by atoms with Crippen molar-refractivity contribution in [2.24, 2.45) is 5.73 Å². The molecule has 0 aliphatic carbocycles. The molecule has 0 spiro atoms. The Morgan fingerprint density at radius 1 is 1.56 bits per heavy atom. The van der Waals surface area contributed by atoms with E-state index in [2.05, 4.69) is 5.32 Å². The number of carbonyl (C=O) groups is 1. The minimum absolute atomic E-state index is 0. The summed E-state index contributed by atoms with van der Waals surface area (Å²) in [5.41, 5.74) is 6.29. The summed E-state index contributed by atoms with van der Waals surface area (Å²) >= 11 is 0. The van der Waals surface area contributed by atoms with Gasteiger partial charge in [-0.05, 0) is 18.6 Å². The van der Waals surface area contributed by atoms with Crippen molar-refractivity contribution in [2.45, 2.75) is 19.4 Å². The fraction of sp³-hybridized carbons (Fsp3) is 0.364. The van der Waals surface area contributed by atoms with Crippen LogP contribution < -0.4 is 15.8 Å². The molecule has 16 heavy (non-hydrogen) atoms. The highest BCUT2D eigenvalue weighted by molar-refractivity contribution is 5.94.